The van der Waals surface area contributed by atoms with Crippen LogP contribution < -0.4 is 5.32 Å². The molecule has 0 atom stereocenters. The SMILES string of the molecule is Cc1cc(-c2ccc3cccc(C(=O)Nc4nccs4)c3n2)no1. The number of benzene rings is 1. The maximum atomic E-state index is 12.6. The molecule has 1 amide bonds. The van der Waals surface area contributed by atoms with Crippen molar-refractivity contribution >= 4 is 33.3 Å². The van der Waals surface area contributed by atoms with E-state index in [1.54, 1.807) is 12.3 Å². The molecule has 0 aliphatic carbocycles. The Bertz CT molecular complexity index is 1020. The Kier molecular flexibility index (Phi) is 3.55. The van der Waals surface area contributed by atoms with Crippen LogP contribution in [0.1, 0.15) is 16.1 Å². The third-order valence-electron chi connectivity index (χ3n) is 3.51. The van der Waals surface area contributed by atoms with Gasteiger partial charge in [0.1, 0.15) is 11.5 Å². The van der Waals surface area contributed by atoms with Gasteiger partial charge in [-0.25, -0.2) is 9.97 Å². The van der Waals surface area contributed by atoms with Crippen molar-refractivity contribution in [1.29, 1.82) is 0 Å². The van der Waals surface area contributed by atoms with Crippen LogP contribution in [0, 0.1) is 6.92 Å². The van der Waals surface area contributed by atoms with Gasteiger partial charge in [-0.15, -0.1) is 11.3 Å². The Morgan fingerprint density at radius 2 is 2.12 bits per heavy atom. The van der Waals surface area contributed by atoms with Crippen molar-refractivity contribution in [2.45, 2.75) is 6.92 Å². The first-order chi connectivity index (χ1) is 11.7. The lowest BCUT2D eigenvalue weighted by atomic mass is 10.1. The average Bonchev–Trinajstić information content (AvgIpc) is 3.25. The molecule has 0 saturated heterocycles. The van der Waals surface area contributed by atoms with Crippen molar-refractivity contribution in [3.8, 4) is 11.4 Å². The monoisotopic (exact) mass is 336 g/mol. The van der Waals surface area contributed by atoms with Crippen LogP contribution in [-0.2, 0) is 0 Å². The summed E-state index contributed by atoms with van der Waals surface area (Å²) in [5.74, 6) is 0.471. The van der Waals surface area contributed by atoms with E-state index in [1.165, 1.54) is 11.3 Å². The van der Waals surface area contributed by atoms with Gasteiger partial charge in [-0.1, -0.05) is 23.4 Å². The van der Waals surface area contributed by atoms with Gasteiger partial charge < -0.3 is 4.52 Å². The summed E-state index contributed by atoms with van der Waals surface area (Å²) in [6, 6.07) is 11.1. The first-order valence-electron chi connectivity index (χ1n) is 7.25. The molecular weight excluding hydrogens is 324 g/mol. The van der Waals surface area contributed by atoms with Crippen LogP contribution in [0.15, 0.2) is 52.5 Å². The summed E-state index contributed by atoms with van der Waals surface area (Å²) < 4.78 is 5.10. The van der Waals surface area contributed by atoms with E-state index in [0.717, 1.165) is 5.39 Å². The first-order valence-corrected chi connectivity index (χ1v) is 8.13. The fourth-order valence-electron chi connectivity index (χ4n) is 2.41. The van der Waals surface area contributed by atoms with Gasteiger partial charge >= 0.3 is 0 Å². The molecule has 0 bridgehead atoms. The van der Waals surface area contributed by atoms with E-state index in [1.807, 2.05) is 42.6 Å². The molecular formula is C17H12N4O2S. The van der Waals surface area contributed by atoms with Gasteiger partial charge in [0.25, 0.3) is 5.91 Å². The van der Waals surface area contributed by atoms with E-state index >= 15 is 0 Å². The number of para-hydroxylation sites is 1. The molecule has 0 aliphatic rings. The highest BCUT2D eigenvalue weighted by Crippen LogP contribution is 2.24. The standard InChI is InChI=1S/C17H12N4O2S/c1-10-9-14(21-23-10)13-6-5-11-3-2-4-12(15(11)19-13)16(22)20-17-18-7-8-24-17/h2-9H,1H3,(H,18,20,22). The Labute approximate surface area is 141 Å². The number of fused-ring (bicyclic) bond motifs is 1. The van der Waals surface area contributed by atoms with Crippen LogP contribution in [0.5, 0.6) is 0 Å². The summed E-state index contributed by atoms with van der Waals surface area (Å²) in [6.07, 6.45) is 1.65. The topological polar surface area (TPSA) is 80.9 Å². The third-order valence-corrected chi connectivity index (χ3v) is 4.20. The highest BCUT2D eigenvalue weighted by molar-refractivity contribution is 7.13. The molecule has 4 rings (SSSR count). The summed E-state index contributed by atoms with van der Waals surface area (Å²) in [5.41, 5.74) is 2.41. The minimum atomic E-state index is -0.239. The number of nitrogens with zero attached hydrogens (tertiary/aromatic N) is 3. The van der Waals surface area contributed by atoms with Crippen LogP contribution in [-0.4, -0.2) is 21.0 Å². The van der Waals surface area contributed by atoms with E-state index in [4.69, 9.17) is 4.52 Å². The molecule has 0 radical (unpaired) electrons. The number of hydrogen-bond acceptors (Lipinski definition) is 6. The fourth-order valence-corrected chi connectivity index (χ4v) is 2.93. The van der Waals surface area contributed by atoms with Gasteiger partial charge in [0.2, 0.25) is 0 Å². The first kappa shape index (κ1) is 14.5. The number of hydrogen-bond donors (Lipinski definition) is 1. The van der Waals surface area contributed by atoms with E-state index in [0.29, 0.717) is 33.4 Å². The van der Waals surface area contributed by atoms with Crippen molar-refractivity contribution < 1.29 is 9.32 Å². The van der Waals surface area contributed by atoms with Crippen molar-refractivity contribution in [3.05, 3.63) is 59.3 Å². The number of thiazole rings is 1. The van der Waals surface area contributed by atoms with Gasteiger partial charge in [0, 0.05) is 23.0 Å². The number of amides is 1. The van der Waals surface area contributed by atoms with Gasteiger partial charge in [-0.3, -0.25) is 10.1 Å². The zero-order chi connectivity index (χ0) is 16.5. The maximum Gasteiger partial charge on any atom is 0.259 e. The molecule has 6 nitrogen and oxygen atoms in total. The van der Waals surface area contributed by atoms with E-state index in [2.05, 4.69) is 20.4 Å². The van der Waals surface area contributed by atoms with Crippen LogP contribution in [0.4, 0.5) is 5.13 Å². The number of carbonyl (C=O) groups is 1. The summed E-state index contributed by atoms with van der Waals surface area (Å²) in [5, 5.41) is 10.0. The minimum Gasteiger partial charge on any atom is -0.361 e. The molecule has 0 unspecified atom stereocenters. The summed E-state index contributed by atoms with van der Waals surface area (Å²) in [7, 11) is 0. The largest absolute Gasteiger partial charge is 0.361 e. The lowest BCUT2D eigenvalue weighted by Crippen LogP contribution is -2.12. The van der Waals surface area contributed by atoms with Gasteiger partial charge in [-0.05, 0) is 19.1 Å². The van der Waals surface area contributed by atoms with Crippen LogP contribution in [0.3, 0.4) is 0 Å². The number of pyridine rings is 1. The van der Waals surface area contributed by atoms with E-state index in [9.17, 15) is 4.79 Å². The summed E-state index contributed by atoms with van der Waals surface area (Å²) in [4.78, 5) is 21.2. The molecule has 0 aliphatic heterocycles. The maximum absolute atomic E-state index is 12.6. The second kappa shape index (κ2) is 5.86. The lowest BCUT2D eigenvalue weighted by molar-refractivity contribution is 0.102. The number of carbonyl (C=O) groups excluding carboxylic acids is 1. The molecule has 1 N–H and O–H groups in total. The molecule has 24 heavy (non-hydrogen) atoms. The number of aryl methyl sites for hydroxylation is 1. The highest BCUT2D eigenvalue weighted by atomic mass is 32.1. The molecule has 7 heteroatoms. The molecule has 1 aromatic carbocycles. The number of aromatic nitrogens is 3. The van der Waals surface area contributed by atoms with Crippen LogP contribution >= 0.6 is 11.3 Å². The van der Waals surface area contributed by atoms with Crippen molar-refractivity contribution in [1.82, 2.24) is 15.1 Å². The third kappa shape index (κ3) is 2.65. The molecule has 3 heterocycles. The zero-order valence-corrected chi connectivity index (χ0v) is 13.5. The quantitative estimate of drug-likeness (QED) is 0.613. The predicted octanol–water partition coefficient (Wildman–Crippen LogP) is 3.91. The number of rotatable bonds is 3. The Hall–Kier alpha value is -3.06. The average molecular weight is 336 g/mol. The van der Waals surface area contributed by atoms with E-state index in [-0.39, 0.29) is 5.91 Å². The number of anilines is 1. The normalized spacial score (nSPS) is 10.9. The van der Waals surface area contributed by atoms with Crippen LogP contribution in [0.2, 0.25) is 0 Å². The second-order valence-corrected chi connectivity index (χ2v) is 6.08. The Morgan fingerprint density at radius 1 is 1.21 bits per heavy atom. The van der Waals surface area contributed by atoms with Crippen molar-refractivity contribution in [2.75, 3.05) is 5.32 Å². The molecule has 0 fully saturated rings. The van der Waals surface area contributed by atoms with Gasteiger partial charge in [0.05, 0.1) is 16.8 Å². The molecule has 4 aromatic rings. The Balaban J connectivity index is 1.78. The van der Waals surface area contributed by atoms with E-state index < -0.39 is 0 Å². The van der Waals surface area contributed by atoms with Gasteiger partial charge in [0.15, 0.2) is 5.13 Å². The zero-order valence-electron chi connectivity index (χ0n) is 12.7. The predicted molar refractivity (Wildman–Crippen MR) is 92.0 cm³/mol. The Morgan fingerprint density at radius 3 is 2.88 bits per heavy atom. The minimum absolute atomic E-state index is 0.239. The van der Waals surface area contributed by atoms with Crippen LogP contribution in [0.25, 0.3) is 22.3 Å². The lowest BCUT2D eigenvalue weighted by Gasteiger charge is -2.06. The second-order valence-electron chi connectivity index (χ2n) is 5.19. The highest BCUT2D eigenvalue weighted by Gasteiger charge is 2.14. The fraction of sp³-hybridized carbons (Fsp3) is 0.0588. The smallest absolute Gasteiger partial charge is 0.259 e. The van der Waals surface area contributed by atoms with Crippen molar-refractivity contribution in [3.63, 3.8) is 0 Å². The molecule has 0 spiro atoms. The summed E-state index contributed by atoms with van der Waals surface area (Å²) >= 11 is 1.37. The molecule has 118 valence electrons. The molecule has 0 saturated carbocycles. The van der Waals surface area contributed by atoms with Gasteiger partial charge in [-0.2, -0.15) is 0 Å². The molecule has 3 aromatic heterocycles. The van der Waals surface area contributed by atoms with Crippen molar-refractivity contribution in [2.24, 2.45) is 0 Å². The summed E-state index contributed by atoms with van der Waals surface area (Å²) in [6.45, 7) is 1.82. The number of nitrogens with one attached hydrogen (secondary N) is 1.